The van der Waals surface area contributed by atoms with Gasteiger partial charge in [-0.05, 0) is 24.1 Å². The molecule has 0 fully saturated rings. The fourth-order valence-electron chi connectivity index (χ4n) is 2.08. The molecule has 4 N–H and O–H groups in total. The number of aliphatic hydroxyl groups excluding tert-OH is 1. The molecule has 1 atom stereocenters. The highest BCUT2D eigenvalue weighted by Crippen LogP contribution is 2.35. The summed E-state index contributed by atoms with van der Waals surface area (Å²) in [5.74, 6) is 4.81. The van der Waals surface area contributed by atoms with Gasteiger partial charge in [0.05, 0.1) is 12.3 Å². The Morgan fingerprint density at radius 1 is 1.55 bits per heavy atom. The van der Waals surface area contributed by atoms with Gasteiger partial charge in [0.1, 0.15) is 12.3 Å². The molecule has 20 heavy (non-hydrogen) atoms. The van der Waals surface area contributed by atoms with Crippen LogP contribution in [0.4, 0.5) is 5.69 Å². The maximum Gasteiger partial charge on any atom is 0.268 e. The first-order valence-corrected chi connectivity index (χ1v) is 6.32. The number of fused-ring (bicyclic) bond motifs is 1. The third kappa shape index (κ3) is 2.59. The highest BCUT2D eigenvalue weighted by molar-refractivity contribution is 6.03. The molecule has 2 rings (SSSR count). The number of hydrogen-bond acceptors (Lipinski definition) is 5. The first-order chi connectivity index (χ1) is 9.60. The molecule has 1 aliphatic heterocycles. The molecule has 0 aliphatic carbocycles. The number of ether oxygens (including phenoxy) is 1. The molecule has 1 unspecified atom stereocenters. The van der Waals surface area contributed by atoms with E-state index >= 15 is 0 Å². The quantitative estimate of drug-likeness (QED) is 0.398. The van der Waals surface area contributed by atoms with Crippen molar-refractivity contribution in [2.75, 3.05) is 11.4 Å². The Bertz CT molecular complexity index is 532. The maximum absolute atomic E-state index is 12.3. The second-order valence-electron chi connectivity index (χ2n) is 4.47. The molecular formula is C13H17N3O4. The average Bonchev–Trinajstić information content (AvgIpc) is 2.48. The van der Waals surface area contributed by atoms with Crippen molar-refractivity contribution in [3.8, 4) is 5.75 Å². The first kappa shape index (κ1) is 14.3. The van der Waals surface area contributed by atoms with Gasteiger partial charge in [0.2, 0.25) is 0 Å². The number of hydrogen-bond donors (Lipinski definition) is 3. The van der Waals surface area contributed by atoms with E-state index in [4.69, 9.17) is 10.6 Å². The molecular weight excluding hydrogens is 262 g/mol. The Morgan fingerprint density at radius 3 is 2.90 bits per heavy atom. The number of rotatable bonds is 4. The van der Waals surface area contributed by atoms with Gasteiger partial charge in [0, 0.05) is 0 Å². The third-order valence-electron chi connectivity index (χ3n) is 3.14. The van der Waals surface area contributed by atoms with Crippen LogP contribution in [0.1, 0.15) is 18.9 Å². The molecule has 1 aromatic carbocycles. The van der Waals surface area contributed by atoms with Crippen molar-refractivity contribution in [2.24, 2.45) is 5.84 Å². The van der Waals surface area contributed by atoms with Crippen molar-refractivity contribution in [1.82, 2.24) is 5.43 Å². The lowest BCUT2D eigenvalue weighted by Crippen LogP contribution is -2.50. The SMILES string of the molecule is CCC1Oc2ccc(CO)cc2N(CC(=O)NN)C1=O. The van der Waals surface area contributed by atoms with Crippen LogP contribution in [-0.4, -0.2) is 29.6 Å². The van der Waals surface area contributed by atoms with Crippen LogP contribution in [0.3, 0.4) is 0 Å². The van der Waals surface area contributed by atoms with Crippen molar-refractivity contribution in [1.29, 1.82) is 0 Å². The summed E-state index contributed by atoms with van der Waals surface area (Å²) in [7, 11) is 0. The van der Waals surface area contributed by atoms with Crippen molar-refractivity contribution in [2.45, 2.75) is 26.1 Å². The van der Waals surface area contributed by atoms with Gasteiger partial charge in [-0.2, -0.15) is 0 Å². The van der Waals surface area contributed by atoms with Crippen molar-refractivity contribution >= 4 is 17.5 Å². The van der Waals surface area contributed by atoms with E-state index in [9.17, 15) is 14.7 Å². The number of nitrogens with zero attached hydrogens (tertiary/aromatic N) is 1. The number of amides is 2. The molecule has 0 spiro atoms. The normalized spacial score (nSPS) is 17.4. The van der Waals surface area contributed by atoms with Crippen molar-refractivity contribution in [3.63, 3.8) is 0 Å². The van der Waals surface area contributed by atoms with Crippen LogP contribution >= 0.6 is 0 Å². The fraction of sp³-hybridized carbons (Fsp3) is 0.385. The Kier molecular flexibility index (Phi) is 4.21. The second-order valence-corrected chi connectivity index (χ2v) is 4.47. The predicted octanol–water partition coefficient (Wildman–Crippen LogP) is -0.327. The summed E-state index contributed by atoms with van der Waals surface area (Å²) in [6, 6.07) is 5.02. The maximum atomic E-state index is 12.3. The van der Waals surface area contributed by atoms with Gasteiger partial charge in [0.25, 0.3) is 11.8 Å². The van der Waals surface area contributed by atoms with Crippen LogP contribution in [0, 0.1) is 0 Å². The lowest BCUT2D eigenvalue weighted by molar-refractivity contribution is -0.129. The van der Waals surface area contributed by atoms with Gasteiger partial charge in [-0.1, -0.05) is 13.0 Å². The largest absolute Gasteiger partial charge is 0.478 e. The summed E-state index contributed by atoms with van der Waals surface area (Å²) >= 11 is 0. The van der Waals surface area contributed by atoms with E-state index in [2.05, 4.69) is 0 Å². The third-order valence-corrected chi connectivity index (χ3v) is 3.14. The highest BCUT2D eigenvalue weighted by Gasteiger charge is 2.34. The fourth-order valence-corrected chi connectivity index (χ4v) is 2.08. The van der Waals surface area contributed by atoms with Gasteiger partial charge in [0.15, 0.2) is 6.10 Å². The molecule has 0 saturated heterocycles. The lowest BCUT2D eigenvalue weighted by Gasteiger charge is -2.33. The van der Waals surface area contributed by atoms with Gasteiger partial charge in [-0.15, -0.1) is 0 Å². The number of aliphatic hydroxyl groups is 1. The van der Waals surface area contributed by atoms with Crippen molar-refractivity contribution in [3.05, 3.63) is 23.8 Å². The Balaban J connectivity index is 2.41. The molecule has 7 heteroatoms. The number of carbonyl (C=O) groups is 2. The summed E-state index contributed by atoms with van der Waals surface area (Å²) < 4.78 is 5.60. The summed E-state index contributed by atoms with van der Waals surface area (Å²) in [6.45, 7) is 1.49. The number of nitrogens with two attached hydrogens (primary N) is 1. The van der Waals surface area contributed by atoms with Gasteiger partial charge in [-0.3, -0.25) is 19.9 Å². The van der Waals surface area contributed by atoms with Crippen LogP contribution in [0.15, 0.2) is 18.2 Å². The van der Waals surface area contributed by atoms with Crippen LogP contribution in [0.2, 0.25) is 0 Å². The van der Waals surface area contributed by atoms with Crippen LogP contribution < -0.4 is 20.9 Å². The minimum atomic E-state index is -0.618. The summed E-state index contributed by atoms with van der Waals surface area (Å²) in [5, 5.41) is 9.17. The highest BCUT2D eigenvalue weighted by atomic mass is 16.5. The Hall–Kier alpha value is -2.12. The first-order valence-electron chi connectivity index (χ1n) is 6.32. The van der Waals surface area contributed by atoms with E-state index in [1.165, 1.54) is 4.90 Å². The van der Waals surface area contributed by atoms with E-state index in [1.54, 1.807) is 18.2 Å². The molecule has 2 amide bonds. The van der Waals surface area contributed by atoms with E-state index < -0.39 is 12.0 Å². The topological polar surface area (TPSA) is 105 Å². The molecule has 0 radical (unpaired) electrons. The number of anilines is 1. The predicted molar refractivity (Wildman–Crippen MR) is 71.8 cm³/mol. The van der Waals surface area contributed by atoms with Crippen LogP contribution in [0.5, 0.6) is 5.75 Å². The van der Waals surface area contributed by atoms with E-state index in [1.807, 2.05) is 12.3 Å². The zero-order chi connectivity index (χ0) is 14.7. The molecule has 1 aliphatic rings. The van der Waals surface area contributed by atoms with E-state index in [-0.39, 0.29) is 19.1 Å². The molecule has 7 nitrogen and oxygen atoms in total. The van der Waals surface area contributed by atoms with Gasteiger partial charge >= 0.3 is 0 Å². The minimum absolute atomic E-state index is 0.157. The van der Waals surface area contributed by atoms with E-state index in [0.717, 1.165) is 0 Å². The molecule has 0 saturated carbocycles. The summed E-state index contributed by atoms with van der Waals surface area (Å²) in [5.41, 5.74) is 3.10. The standard InChI is InChI=1S/C13H17N3O4/c1-2-10-13(19)16(6-12(18)15-14)9-5-8(7-17)3-4-11(9)20-10/h3-5,10,17H,2,6-7,14H2,1H3,(H,15,18). The van der Waals surface area contributed by atoms with Crippen LogP contribution in [0.25, 0.3) is 0 Å². The summed E-state index contributed by atoms with van der Waals surface area (Å²) in [4.78, 5) is 25.1. The number of benzene rings is 1. The molecule has 0 bridgehead atoms. The minimum Gasteiger partial charge on any atom is -0.478 e. The molecule has 1 aromatic rings. The van der Waals surface area contributed by atoms with Gasteiger partial charge < -0.3 is 9.84 Å². The number of carbonyl (C=O) groups excluding carboxylic acids is 2. The number of nitrogens with one attached hydrogen (secondary N) is 1. The van der Waals surface area contributed by atoms with Gasteiger partial charge in [-0.25, -0.2) is 5.84 Å². The molecule has 0 aromatic heterocycles. The zero-order valence-corrected chi connectivity index (χ0v) is 11.1. The number of hydrazine groups is 1. The average molecular weight is 279 g/mol. The van der Waals surface area contributed by atoms with Crippen molar-refractivity contribution < 1.29 is 19.4 Å². The molecule has 108 valence electrons. The zero-order valence-electron chi connectivity index (χ0n) is 11.1. The lowest BCUT2D eigenvalue weighted by atomic mass is 10.1. The summed E-state index contributed by atoms with van der Waals surface area (Å²) in [6.07, 6.45) is -0.117. The smallest absolute Gasteiger partial charge is 0.268 e. The second kappa shape index (κ2) is 5.89. The van der Waals surface area contributed by atoms with Crippen LogP contribution in [-0.2, 0) is 16.2 Å². The Morgan fingerprint density at radius 2 is 2.30 bits per heavy atom. The van der Waals surface area contributed by atoms with E-state index in [0.29, 0.717) is 23.4 Å². The molecule has 1 heterocycles. The monoisotopic (exact) mass is 279 g/mol. The Labute approximate surface area is 116 Å².